The fourth-order valence-corrected chi connectivity index (χ4v) is 3.12. The lowest BCUT2D eigenvalue weighted by molar-refractivity contribution is -0.120. The minimum atomic E-state index is -0.0382. The third-order valence-corrected chi connectivity index (χ3v) is 4.65. The quantitative estimate of drug-likeness (QED) is 0.741. The van der Waals surface area contributed by atoms with Crippen molar-refractivity contribution >= 4 is 28.8 Å². The van der Waals surface area contributed by atoms with E-state index >= 15 is 0 Å². The Hall–Kier alpha value is -2.11. The molecule has 1 aromatic carbocycles. The van der Waals surface area contributed by atoms with Gasteiger partial charge in [-0.25, -0.2) is 0 Å². The molecule has 118 valence electrons. The van der Waals surface area contributed by atoms with Crippen molar-refractivity contribution in [1.29, 1.82) is 0 Å². The molecule has 23 heavy (non-hydrogen) atoms. The number of amides is 1. The second kappa shape index (κ2) is 7.44. The zero-order valence-corrected chi connectivity index (χ0v) is 14.0. The number of benzene rings is 1. The van der Waals surface area contributed by atoms with Crippen molar-refractivity contribution in [2.75, 3.05) is 6.54 Å². The Bertz CT molecular complexity index is 783. The van der Waals surface area contributed by atoms with Crippen LogP contribution in [0.5, 0.6) is 0 Å². The highest BCUT2D eigenvalue weighted by atomic mass is 35.5. The maximum Gasteiger partial charge on any atom is 0.224 e. The van der Waals surface area contributed by atoms with Crippen molar-refractivity contribution in [3.63, 3.8) is 0 Å². The number of hydrogen-bond donors (Lipinski definition) is 1. The van der Waals surface area contributed by atoms with E-state index in [1.165, 1.54) is 0 Å². The Morgan fingerprint density at radius 3 is 2.87 bits per heavy atom. The molecule has 2 aromatic heterocycles. The number of nitrogens with zero attached hydrogens (tertiary/aromatic N) is 2. The van der Waals surface area contributed by atoms with Gasteiger partial charge in [-0.3, -0.25) is 9.48 Å². The summed E-state index contributed by atoms with van der Waals surface area (Å²) >= 11 is 7.72. The van der Waals surface area contributed by atoms with Gasteiger partial charge in [0.25, 0.3) is 0 Å². The summed E-state index contributed by atoms with van der Waals surface area (Å²) in [6, 6.07) is 13.4. The Morgan fingerprint density at radius 2 is 2.09 bits per heavy atom. The molecule has 0 spiro atoms. The van der Waals surface area contributed by atoms with Crippen LogP contribution in [0.1, 0.15) is 5.56 Å². The van der Waals surface area contributed by atoms with Crippen LogP contribution in [0.2, 0.25) is 5.02 Å². The molecule has 6 heteroatoms. The van der Waals surface area contributed by atoms with Gasteiger partial charge in [-0.1, -0.05) is 35.9 Å². The minimum Gasteiger partial charge on any atom is -0.354 e. The topological polar surface area (TPSA) is 46.9 Å². The van der Waals surface area contributed by atoms with E-state index in [2.05, 4.69) is 10.4 Å². The molecule has 0 radical (unpaired) electrons. The van der Waals surface area contributed by atoms with Crippen LogP contribution < -0.4 is 5.32 Å². The first-order valence-corrected chi connectivity index (χ1v) is 8.55. The van der Waals surface area contributed by atoms with E-state index in [-0.39, 0.29) is 5.91 Å². The van der Waals surface area contributed by atoms with Gasteiger partial charge in [0, 0.05) is 17.8 Å². The molecule has 4 nitrogen and oxygen atoms in total. The molecule has 0 aliphatic heterocycles. The van der Waals surface area contributed by atoms with E-state index in [0.29, 0.717) is 24.5 Å². The van der Waals surface area contributed by atoms with Gasteiger partial charge in [-0.2, -0.15) is 5.10 Å². The molecule has 0 atom stereocenters. The Balaban J connectivity index is 1.48. The molecule has 0 saturated carbocycles. The average molecular weight is 346 g/mol. The third-order valence-electron chi connectivity index (χ3n) is 3.39. The summed E-state index contributed by atoms with van der Waals surface area (Å²) in [5.41, 5.74) is 1.80. The van der Waals surface area contributed by atoms with Crippen LogP contribution in [0.15, 0.2) is 54.0 Å². The molecule has 1 N–H and O–H groups in total. The van der Waals surface area contributed by atoms with E-state index in [9.17, 15) is 4.79 Å². The number of thiophene rings is 1. The number of halogens is 1. The number of carbonyl (C=O) groups excluding carboxylic acids is 1. The Kier molecular flexibility index (Phi) is 5.10. The molecule has 2 heterocycles. The van der Waals surface area contributed by atoms with Crippen LogP contribution in [-0.4, -0.2) is 22.2 Å². The SMILES string of the molecule is O=C(Cc1ccccc1Cl)NCCn1ccc(-c2cccs2)n1. The van der Waals surface area contributed by atoms with Crippen molar-refractivity contribution in [1.82, 2.24) is 15.1 Å². The van der Waals surface area contributed by atoms with Gasteiger partial charge in [-0.05, 0) is 29.1 Å². The van der Waals surface area contributed by atoms with Gasteiger partial charge in [0.15, 0.2) is 0 Å². The summed E-state index contributed by atoms with van der Waals surface area (Å²) in [6.45, 7) is 1.18. The van der Waals surface area contributed by atoms with Crippen molar-refractivity contribution in [2.45, 2.75) is 13.0 Å². The first kappa shape index (κ1) is 15.8. The highest BCUT2D eigenvalue weighted by Gasteiger charge is 2.07. The van der Waals surface area contributed by atoms with Gasteiger partial charge in [0.2, 0.25) is 5.91 Å². The second-order valence-corrected chi connectivity index (χ2v) is 6.41. The molecule has 3 rings (SSSR count). The van der Waals surface area contributed by atoms with Crippen molar-refractivity contribution in [3.05, 3.63) is 64.6 Å². The van der Waals surface area contributed by atoms with Crippen LogP contribution in [0.3, 0.4) is 0 Å². The van der Waals surface area contributed by atoms with E-state index in [1.54, 1.807) is 17.4 Å². The fraction of sp³-hybridized carbons (Fsp3) is 0.176. The van der Waals surface area contributed by atoms with Gasteiger partial charge < -0.3 is 5.32 Å². The summed E-state index contributed by atoms with van der Waals surface area (Å²) in [5, 5.41) is 10.0. The van der Waals surface area contributed by atoms with E-state index < -0.39 is 0 Å². The number of nitrogens with one attached hydrogen (secondary N) is 1. The highest BCUT2D eigenvalue weighted by molar-refractivity contribution is 7.13. The maximum atomic E-state index is 11.9. The zero-order valence-electron chi connectivity index (χ0n) is 12.4. The van der Waals surface area contributed by atoms with Crippen LogP contribution >= 0.6 is 22.9 Å². The summed E-state index contributed by atoms with van der Waals surface area (Å²) in [4.78, 5) is 13.1. The summed E-state index contributed by atoms with van der Waals surface area (Å²) < 4.78 is 1.84. The minimum absolute atomic E-state index is 0.0382. The second-order valence-electron chi connectivity index (χ2n) is 5.06. The Labute approximate surface area is 143 Å². The normalized spacial score (nSPS) is 10.7. The lowest BCUT2D eigenvalue weighted by atomic mass is 10.1. The molecular weight excluding hydrogens is 330 g/mol. The summed E-state index contributed by atoms with van der Waals surface area (Å²) in [5.74, 6) is -0.0382. The number of aromatic nitrogens is 2. The van der Waals surface area contributed by atoms with Gasteiger partial charge in [0.1, 0.15) is 5.69 Å². The lowest BCUT2D eigenvalue weighted by Crippen LogP contribution is -2.28. The third kappa shape index (κ3) is 4.21. The zero-order chi connectivity index (χ0) is 16.1. The van der Waals surface area contributed by atoms with Gasteiger partial charge >= 0.3 is 0 Å². The fourth-order valence-electron chi connectivity index (χ4n) is 2.23. The van der Waals surface area contributed by atoms with E-state index in [4.69, 9.17) is 11.6 Å². The highest BCUT2D eigenvalue weighted by Crippen LogP contribution is 2.22. The van der Waals surface area contributed by atoms with Crippen molar-refractivity contribution in [3.8, 4) is 10.6 Å². The lowest BCUT2D eigenvalue weighted by Gasteiger charge is -2.06. The molecule has 0 fully saturated rings. The molecule has 0 saturated heterocycles. The predicted molar refractivity (Wildman–Crippen MR) is 93.7 cm³/mol. The van der Waals surface area contributed by atoms with E-state index in [0.717, 1.165) is 16.1 Å². The van der Waals surface area contributed by atoms with Crippen molar-refractivity contribution in [2.24, 2.45) is 0 Å². The van der Waals surface area contributed by atoms with Crippen molar-refractivity contribution < 1.29 is 4.79 Å². The predicted octanol–water partition coefficient (Wildman–Crippen LogP) is 3.62. The maximum absolute atomic E-state index is 11.9. The standard InChI is InChI=1S/C17H16ClN3OS/c18-14-5-2-1-4-13(14)12-17(22)19-8-10-21-9-7-15(20-21)16-6-3-11-23-16/h1-7,9,11H,8,10,12H2,(H,19,22). The number of hydrogen-bond acceptors (Lipinski definition) is 3. The molecule has 0 aliphatic carbocycles. The Morgan fingerprint density at radius 1 is 1.22 bits per heavy atom. The summed E-state index contributed by atoms with van der Waals surface area (Å²) in [6.07, 6.45) is 2.22. The first-order chi connectivity index (χ1) is 11.2. The molecule has 0 unspecified atom stereocenters. The van der Waals surface area contributed by atoms with Crippen LogP contribution in [0.25, 0.3) is 10.6 Å². The average Bonchev–Trinajstić information content (AvgIpc) is 3.20. The first-order valence-electron chi connectivity index (χ1n) is 7.30. The largest absolute Gasteiger partial charge is 0.354 e. The molecule has 0 bridgehead atoms. The summed E-state index contributed by atoms with van der Waals surface area (Å²) in [7, 11) is 0. The van der Waals surface area contributed by atoms with Crippen LogP contribution in [0.4, 0.5) is 0 Å². The van der Waals surface area contributed by atoms with Crippen LogP contribution in [-0.2, 0) is 17.8 Å². The van der Waals surface area contributed by atoms with Gasteiger partial charge in [-0.15, -0.1) is 11.3 Å². The number of carbonyl (C=O) groups is 1. The smallest absolute Gasteiger partial charge is 0.224 e. The molecule has 1 amide bonds. The van der Waals surface area contributed by atoms with Gasteiger partial charge in [0.05, 0.1) is 17.8 Å². The monoisotopic (exact) mass is 345 g/mol. The molecular formula is C17H16ClN3OS. The molecule has 0 aliphatic rings. The number of rotatable bonds is 6. The molecule has 3 aromatic rings. The van der Waals surface area contributed by atoms with Crippen LogP contribution in [0, 0.1) is 0 Å². The van der Waals surface area contributed by atoms with E-state index in [1.807, 2.05) is 52.7 Å².